The van der Waals surface area contributed by atoms with Gasteiger partial charge in [-0.2, -0.15) is 0 Å². The molecule has 0 unspecified atom stereocenters. The molecule has 0 atom stereocenters. The Hall–Kier alpha value is -6.80. The van der Waals surface area contributed by atoms with Gasteiger partial charge in [-0.1, -0.05) is 0 Å². The second-order valence-electron chi connectivity index (χ2n) is 18.8. The first kappa shape index (κ1) is 41.2. The van der Waals surface area contributed by atoms with Gasteiger partial charge >= 0.3 is 0 Å². The number of rotatable bonds is 1. The monoisotopic (exact) mass is 842 g/mol. The predicted molar refractivity (Wildman–Crippen MR) is 272 cm³/mol. The van der Waals surface area contributed by atoms with E-state index in [1.807, 2.05) is 0 Å². The van der Waals surface area contributed by atoms with Crippen molar-refractivity contribution in [2.45, 2.75) is 111 Å². The number of aryl methyl sites for hydroxylation is 8. The minimum Gasteiger partial charge on any atom is -0.355 e. The zero-order chi connectivity index (χ0) is 45.5. The van der Waals surface area contributed by atoms with Crippen LogP contribution in [0.15, 0.2) is 36.4 Å². The summed E-state index contributed by atoms with van der Waals surface area (Å²) < 4.78 is 0. The third-order valence-electron chi connectivity index (χ3n) is 15.6. The van der Waals surface area contributed by atoms with E-state index in [0.717, 1.165) is 134 Å². The molecule has 10 rings (SSSR count). The average molecular weight is 843 g/mol. The van der Waals surface area contributed by atoms with Crippen molar-refractivity contribution < 1.29 is 0 Å². The first-order valence-corrected chi connectivity index (χ1v) is 22.5. The molecule has 0 spiro atoms. The Labute approximate surface area is 375 Å². The number of hydrogen-bond donors (Lipinski definition) is 4. The summed E-state index contributed by atoms with van der Waals surface area (Å²) in [4.78, 5) is 37.4. The normalized spacial score (nSPS) is 14.3. The Kier molecular flexibility index (Phi) is 9.25. The fraction of sp³-hybridized carbons (Fsp3) is 0.286. The van der Waals surface area contributed by atoms with Gasteiger partial charge in [-0.15, -0.1) is 0 Å². The van der Waals surface area contributed by atoms with Gasteiger partial charge in [0.05, 0.1) is 56.6 Å². The fourth-order valence-electron chi connectivity index (χ4n) is 9.82. The molecule has 8 nitrogen and oxygen atoms in total. The molecule has 0 aromatic carbocycles. The number of H-pyrrole nitrogens is 4. The van der Waals surface area contributed by atoms with Gasteiger partial charge in [-0.3, -0.25) is 0 Å². The Balaban J connectivity index is 1.48. The molecule has 4 aliphatic heterocycles. The number of aromatic amines is 4. The summed E-state index contributed by atoms with van der Waals surface area (Å²) in [7, 11) is 0. The first-order chi connectivity index (χ1) is 30.3. The zero-order valence-corrected chi connectivity index (χ0v) is 40.3. The van der Waals surface area contributed by atoms with E-state index >= 15 is 0 Å². The van der Waals surface area contributed by atoms with Crippen molar-refractivity contribution in [1.29, 1.82) is 0 Å². The summed E-state index contributed by atoms with van der Waals surface area (Å²) in [5, 5.41) is 0. The van der Waals surface area contributed by atoms with Crippen LogP contribution in [0.1, 0.15) is 145 Å². The van der Waals surface area contributed by atoms with Gasteiger partial charge in [0.2, 0.25) is 0 Å². The molecule has 322 valence electrons. The van der Waals surface area contributed by atoms with Crippen LogP contribution in [0.2, 0.25) is 0 Å². The Morgan fingerprint density at radius 3 is 0.750 bits per heavy atom. The molecule has 0 saturated carbocycles. The fourth-order valence-corrected chi connectivity index (χ4v) is 9.82. The minimum atomic E-state index is 0.928. The van der Waals surface area contributed by atoms with Crippen molar-refractivity contribution in [1.82, 2.24) is 39.9 Å². The quantitative estimate of drug-likeness (QED) is 0.132. The van der Waals surface area contributed by atoms with Gasteiger partial charge < -0.3 is 19.9 Å². The van der Waals surface area contributed by atoms with Crippen LogP contribution in [0, 0.1) is 55.4 Å². The topological polar surface area (TPSA) is 115 Å². The molecule has 0 radical (unpaired) electrons. The van der Waals surface area contributed by atoms with Crippen LogP contribution in [0.3, 0.4) is 0 Å². The van der Waals surface area contributed by atoms with Crippen LogP contribution in [0.25, 0.3) is 99.8 Å². The lowest BCUT2D eigenvalue weighted by Gasteiger charge is -2.12. The summed E-state index contributed by atoms with van der Waals surface area (Å²) in [5.74, 6) is 0. The van der Waals surface area contributed by atoms with Crippen molar-refractivity contribution >= 4 is 88.7 Å². The molecule has 6 aromatic heterocycles. The average Bonchev–Trinajstić information content (AvgIpc) is 4.11. The summed E-state index contributed by atoms with van der Waals surface area (Å²) in [6, 6.07) is 13.3. The van der Waals surface area contributed by atoms with Crippen molar-refractivity contribution in [3.63, 3.8) is 0 Å². The molecule has 8 heteroatoms. The summed E-state index contributed by atoms with van der Waals surface area (Å²) in [6.45, 7) is 35.2. The van der Waals surface area contributed by atoms with Gasteiger partial charge in [0.15, 0.2) is 0 Å². The number of hydrogen-bond acceptors (Lipinski definition) is 4. The molecule has 16 bridgehead atoms. The summed E-state index contributed by atoms with van der Waals surface area (Å²) in [5.41, 5.74) is 36.7. The highest BCUT2D eigenvalue weighted by atomic mass is 14.8. The third-order valence-corrected chi connectivity index (χ3v) is 15.6. The second kappa shape index (κ2) is 14.4. The molecule has 0 saturated heterocycles. The predicted octanol–water partition coefficient (Wildman–Crippen LogP) is 14.9. The molecule has 64 heavy (non-hydrogen) atoms. The maximum Gasteiger partial charge on any atom is 0.0770 e. The van der Waals surface area contributed by atoms with E-state index in [1.165, 1.54) is 55.7 Å². The molecular weight excluding hydrogens is 785 g/mol. The van der Waals surface area contributed by atoms with Crippen molar-refractivity contribution in [3.05, 3.63) is 126 Å². The van der Waals surface area contributed by atoms with E-state index in [4.69, 9.17) is 19.9 Å². The van der Waals surface area contributed by atoms with Crippen molar-refractivity contribution in [2.75, 3.05) is 0 Å². The molecule has 0 aliphatic carbocycles. The Bertz CT molecular complexity index is 3410. The van der Waals surface area contributed by atoms with Crippen LogP contribution in [0.5, 0.6) is 0 Å². The van der Waals surface area contributed by atoms with Crippen molar-refractivity contribution in [3.8, 4) is 11.1 Å². The second-order valence-corrected chi connectivity index (χ2v) is 18.8. The van der Waals surface area contributed by atoms with E-state index in [-0.39, 0.29) is 0 Å². The Morgan fingerprint density at radius 1 is 0.250 bits per heavy atom. The van der Waals surface area contributed by atoms with Crippen LogP contribution in [0.4, 0.5) is 0 Å². The summed E-state index contributed by atoms with van der Waals surface area (Å²) in [6.07, 6.45) is 0. The maximum absolute atomic E-state index is 5.68. The number of fused-ring (bicyclic) bond motifs is 16. The van der Waals surface area contributed by atoms with E-state index in [1.54, 1.807) is 0 Å². The molecule has 4 aliphatic rings. The van der Waals surface area contributed by atoms with Crippen molar-refractivity contribution in [2.24, 2.45) is 0 Å². The van der Waals surface area contributed by atoms with Gasteiger partial charge in [0.1, 0.15) is 0 Å². The van der Waals surface area contributed by atoms with Crippen LogP contribution in [-0.4, -0.2) is 39.9 Å². The lowest BCUT2D eigenvalue weighted by atomic mass is 9.92. The maximum atomic E-state index is 5.68. The standard InChI is InChI=1S/C56H58N8/c1-23-27(5)43-19-47-31(9)35(13)53(61-47)51(54-36(14)32(10)48(62-54)20-44-28(6)24(2)40(58-44)17-39(23)57-43)52-55-37(15)33(11)49(63-55)21-45-29(7)25(3)41(59-45)18-42-26(4)30(8)46(60-42)22-50-34(12)38(16)56(52)64-50/h17-22,57,59,62,64H,1-16H3. The molecular formula is C56H58N8. The number of nitrogens with zero attached hydrogens (tertiary/aromatic N) is 4. The zero-order valence-electron chi connectivity index (χ0n) is 40.3. The lowest BCUT2D eigenvalue weighted by molar-refractivity contribution is 1.27. The highest BCUT2D eigenvalue weighted by Crippen LogP contribution is 2.46. The number of aromatic nitrogens is 8. The van der Waals surface area contributed by atoms with E-state index in [2.05, 4.69) is 167 Å². The van der Waals surface area contributed by atoms with E-state index in [9.17, 15) is 0 Å². The molecule has 0 amide bonds. The number of nitrogens with one attached hydrogen (secondary N) is 4. The van der Waals surface area contributed by atoms with Gasteiger partial charge in [0, 0.05) is 44.2 Å². The van der Waals surface area contributed by atoms with Gasteiger partial charge in [-0.05, 0) is 236 Å². The smallest absolute Gasteiger partial charge is 0.0770 e. The minimum absolute atomic E-state index is 0.928. The molecule has 0 fully saturated rings. The van der Waals surface area contributed by atoms with Crippen LogP contribution in [-0.2, 0) is 0 Å². The number of allylic oxidation sites excluding steroid dienone is 8. The molecule has 6 aromatic rings. The van der Waals surface area contributed by atoms with Crippen LogP contribution >= 0.6 is 0 Å². The SMILES string of the molecule is CC1=C(C)c2cc3[nH]c(c(C)c3C)c(-c3c4nc(cc5[nH]c(cc6nc(cc7[nH]c3c(C)c7C)C(C)=C6C)c(C)c5C)C(C)=C4C)c3nc(cc4[nH]c(cc1n2)c(C)c4C)C(C)=C3C. The highest BCUT2D eigenvalue weighted by Gasteiger charge is 2.28. The summed E-state index contributed by atoms with van der Waals surface area (Å²) >= 11 is 0. The first-order valence-electron chi connectivity index (χ1n) is 22.5. The van der Waals surface area contributed by atoms with Crippen LogP contribution < -0.4 is 0 Å². The third kappa shape index (κ3) is 5.94. The van der Waals surface area contributed by atoms with E-state index < -0.39 is 0 Å². The van der Waals surface area contributed by atoms with Gasteiger partial charge in [-0.25, -0.2) is 19.9 Å². The highest BCUT2D eigenvalue weighted by molar-refractivity contribution is 6.09. The van der Waals surface area contributed by atoms with E-state index in [0.29, 0.717) is 0 Å². The van der Waals surface area contributed by atoms with Gasteiger partial charge in [0.25, 0.3) is 0 Å². The lowest BCUT2D eigenvalue weighted by Crippen LogP contribution is -1.95. The molecule has 10 heterocycles. The Morgan fingerprint density at radius 2 is 0.469 bits per heavy atom. The molecule has 4 N–H and O–H groups in total. The largest absolute Gasteiger partial charge is 0.355 e.